The number of anilines is 2. The minimum atomic E-state index is -1.51. The largest absolute Gasteiger partial charge is 0.504 e. The van der Waals surface area contributed by atoms with Crippen LogP contribution in [0.5, 0.6) is 11.5 Å². The molecule has 4 amide bonds. The number of imide groups is 2. The molecule has 1 saturated carbocycles. The van der Waals surface area contributed by atoms with Crippen molar-refractivity contribution in [2.75, 3.05) is 16.4 Å². The maximum absolute atomic E-state index is 15.4. The Morgan fingerprint density at radius 2 is 1.61 bits per heavy atom. The van der Waals surface area contributed by atoms with Crippen molar-refractivity contribution in [2.45, 2.75) is 31.1 Å². The van der Waals surface area contributed by atoms with E-state index in [1.54, 1.807) is 72.8 Å². The van der Waals surface area contributed by atoms with Crippen molar-refractivity contribution in [3.63, 3.8) is 0 Å². The van der Waals surface area contributed by atoms with Gasteiger partial charge in [0.25, 0.3) is 0 Å². The summed E-state index contributed by atoms with van der Waals surface area (Å²) < 4.78 is 5.83. The number of rotatable bonds is 7. The van der Waals surface area contributed by atoms with Crippen LogP contribution in [0.1, 0.15) is 42.4 Å². The van der Waals surface area contributed by atoms with Crippen LogP contribution in [0, 0.1) is 23.7 Å². The molecule has 2 aliphatic carbocycles. The number of amides is 4. The molecule has 6 unspecified atom stereocenters. The molecule has 51 heavy (non-hydrogen) atoms. The number of phenolic OH excluding ortho intramolecular Hbond substituents is 1. The standard InChI is InChI=1S/C42H35ClN2O6/c1-3-24-16-18-27(19-17-24)44-38(47)30-21-20-29-32(35(30)40(44)49)23-33-39(48)45(28-13-8-12-26(43)22-28)41(50)42(33,25-10-6-5-7-11-25)36(29)31-14-9-15-34(37(31)46)51-4-2/h3,5-20,22,30,32-33,35-36,46H,1,4,21,23H2,2H3. The van der Waals surface area contributed by atoms with Crippen LogP contribution >= 0.6 is 11.6 Å². The SMILES string of the molecule is C=Cc1ccc(N2C(=O)C3CC=C4C(CC5C(=O)N(c6cccc(Cl)c6)C(=O)C5(c5ccccc5)C4c4cccc(OCC)c4O)C3C2=O)cc1. The van der Waals surface area contributed by atoms with Crippen molar-refractivity contribution < 1.29 is 29.0 Å². The van der Waals surface area contributed by atoms with E-state index in [-0.39, 0.29) is 36.2 Å². The lowest BCUT2D eigenvalue weighted by molar-refractivity contribution is -0.127. The number of fused-ring (bicyclic) bond motifs is 4. The number of para-hydroxylation sites is 1. The fourth-order valence-electron chi connectivity index (χ4n) is 9.15. The van der Waals surface area contributed by atoms with Gasteiger partial charge in [-0.3, -0.25) is 24.1 Å². The summed E-state index contributed by atoms with van der Waals surface area (Å²) in [4.78, 5) is 61.4. The van der Waals surface area contributed by atoms with E-state index in [0.717, 1.165) is 11.1 Å². The number of hydrogen-bond acceptors (Lipinski definition) is 6. The first-order chi connectivity index (χ1) is 24.7. The summed E-state index contributed by atoms with van der Waals surface area (Å²) >= 11 is 6.40. The zero-order chi connectivity index (χ0) is 35.6. The van der Waals surface area contributed by atoms with Gasteiger partial charge in [-0.25, -0.2) is 4.90 Å². The maximum Gasteiger partial charge on any atom is 0.246 e. The number of hydrogen-bond donors (Lipinski definition) is 1. The minimum Gasteiger partial charge on any atom is -0.504 e. The average molecular weight is 699 g/mol. The lowest BCUT2D eigenvalue weighted by atomic mass is 9.49. The van der Waals surface area contributed by atoms with Gasteiger partial charge in [0.1, 0.15) is 0 Å². The number of ether oxygens (including phenoxy) is 1. The van der Waals surface area contributed by atoms with Crippen LogP contribution < -0.4 is 14.5 Å². The van der Waals surface area contributed by atoms with Crippen LogP contribution in [0.4, 0.5) is 11.4 Å². The van der Waals surface area contributed by atoms with Gasteiger partial charge in [-0.05, 0) is 73.2 Å². The first kappa shape index (κ1) is 32.7. The highest BCUT2D eigenvalue weighted by Gasteiger charge is 2.70. The van der Waals surface area contributed by atoms with E-state index in [1.807, 2.05) is 43.3 Å². The third kappa shape index (κ3) is 4.73. The van der Waals surface area contributed by atoms with Gasteiger partial charge < -0.3 is 9.84 Å². The van der Waals surface area contributed by atoms with Gasteiger partial charge in [-0.15, -0.1) is 0 Å². The van der Waals surface area contributed by atoms with E-state index in [4.69, 9.17) is 16.3 Å². The molecule has 8 nitrogen and oxygen atoms in total. The van der Waals surface area contributed by atoms with Crippen molar-refractivity contribution in [3.05, 3.63) is 137 Å². The third-order valence-corrected chi connectivity index (χ3v) is 11.4. The first-order valence-electron chi connectivity index (χ1n) is 17.2. The molecule has 0 bridgehead atoms. The van der Waals surface area contributed by atoms with Gasteiger partial charge in [0.2, 0.25) is 23.6 Å². The molecule has 6 atom stereocenters. The lowest BCUT2D eigenvalue weighted by Crippen LogP contribution is -2.53. The quantitative estimate of drug-likeness (QED) is 0.159. The van der Waals surface area contributed by atoms with Gasteiger partial charge in [-0.2, -0.15) is 0 Å². The molecule has 8 rings (SSSR count). The van der Waals surface area contributed by atoms with Crippen molar-refractivity contribution in [1.82, 2.24) is 0 Å². The zero-order valence-electron chi connectivity index (χ0n) is 27.9. The van der Waals surface area contributed by atoms with Crippen LogP contribution in [0.2, 0.25) is 5.02 Å². The Hall–Kier alpha value is -5.47. The van der Waals surface area contributed by atoms with E-state index in [9.17, 15) is 19.5 Å². The fourth-order valence-corrected chi connectivity index (χ4v) is 9.33. The second kappa shape index (κ2) is 12.4. The summed E-state index contributed by atoms with van der Waals surface area (Å²) in [5.74, 6) is -5.21. The first-order valence-corrected chi connectivity index (χ1v) is 17.5. The van der Waals surface area contributed by atoms with E-state index in [0.29, 0.717) is 34.1 Å². The van der Waals surface area contributed by atoms with E-state index in [2.05, 4.69) is 6.58 Å². The molecule has 4 aliphatic rings. The predicted molar refractivity (Wildman–Crippen MR) is 194 cm³/mol. The van der Waals surface area contributed by atoms with Crippen LogP contribution in [0.3, 0.4) is 0 Å². The Bertz CT molecular complexity index is 2150. The van der Waals surface area contributed by atoms with Gasteiger partial charge >= 0.3 is 0 Å². The molecule has 4 aromatic carbocycles. The average Bonchev–Trinajstić information content (AvgIpc) is 3.53. The normalized spacial score (nSPS) is 26.8. The highest BCUT2D eigenvalue weighted by molar-refractivity contribution is 6.32. The summed E-state index contributed by atoms with van der Waals surface area (Å²) in [5.41, 5.74) is 1.93. The van der Waals surface area contributed by atoms with Crippen LogP contribution in [-0.4, -0.2) is 35.3 Å². The molecule has 0 radical (unpaired) electrons. The Kier molecular flexibility index (Phi) is 7.95. The summed E-state index contributed by atoms with van der Waals surface area (Å²) in [6, 6.07) is 28.1. The molecule has 2 saturated heterocycles. The van der Waals surface area contributed by atoms with Crippen molar-refractivity contribution in [3.8, 4) is 11.5 Å². The number of phenols is 1. The fraction of sp³-hybridized carbons (Fsp3) is 0.238. The summed E-state index contributed by atoms with van der Waals surface area (Å²) in [7, 11) is 0. The van der Waals surface area contributed by atoms with Gasteiger partial charge in [0.05, 0.1) is 41.2 Å². The topological polar surface area (TPSA) is 104 Å². The molecule has 2 aliphatic heterocycles. The van der Waals surface area contributed by atoms with Crippen LogP contribution in [-0.2, 0) is 24.6 Å². The lowest BCUT2D eigenvalue weighted by Gasteiger charge is -2.50. The molecule has 256 valence electrons. The van der Waals surface area contributed by atoms with Crippen molar-refractivity contribution in [1.29, 1.82) is 0 Å². The zero-order valence-corrected chi connectivity index (χ0v) is 28.6. The molecule has 0 aromatic heterocycles. The molecule has 0 spiro atoms. The molecule has 2 heterocycles. The number of nitrogens with zero attached hydrogens (tertiary/aromatic N) is 2. The summed E-state index contributed by atoms with van der Waals surface area (Å²) in [6.45, 7) is 5.91. The molecule has 9 heteroatoms. The highest BCUT2D eigenvalue weighted by Crippen LogP contribution is 2.65. The summed E-state index contributed by atoms with van der Waals surface area (Å²) in [5, 5.41) is 12.3. The number of benzene rings is 4. The van der Waals surface area contributed by atoms with Crippen LogP contribution in [0.25, 0.3) is 6.08 Å². The molecule has 3 fully saturated rings. The van der Waals surface area contributed by atoms with Crippen molar-refractivity contribution in [2.24, 2.45) is 23.7 Å². The smallest absolute Gasteiger partial charge is 0.246 e. The number of carbonyl (C=O) groups is 4. The number of carbonyl (C=O) groups excluding carboxylic acids is 4. The van der Waals surface area contributed by atoms with E-state index >= 15 is 4.79 Å². The molecule has 4 aromatic rings. The Morgan fingerprint density at radius 1 is 0.863 bits per heavy atom. The van der Waals surface area contributed by atoms with Gasteiger partial charge in [0.15, 0.2) is 11.5 Å². The van der Waals surface area contributed by atoms with E-state index in [1.165, 1.54) is 9.80 Å². The summed E-state index contributed by atoms with van der Waals surface area (Å²) in [6.07, 6.45) is 4.07. The Balaban J connectivity index is 1.35. The van der Waals surface area contributed by atoms with Gasteiger partial charge in [-0.1, -0.05) is 96.6 Å². The monoisotopic (exact) mass is 698 g/mol. The second-order valence-corrected chi connectivity index (χ2v) is 14.0. The van der Waals surface area contributed by atoms with Crippen LogP contribution in [0.15, 0.2) is 115 Å². The number of halogens is 1. The Morgan fingerprint density at radius 3 is 2.31 bits per heavy atom. The predicted octanol–water partition coefficient (Wildman–Crippen LogP) is 7.45. The van der Waals surface area contributed by atoms with Gasteiger partial charge in [0, 0.05) is 16.5 Å². The Labute approximate surface area is 300 Å². The van der Waals surface area contributed by atoms with Crippen molar-refractivity contribution >= 4 is 52.7 Å². The minimum absolute atomic E-state index is 0.138. The molecule has 1 N–H and O–H groups in total. The number of aromatic hydroxyl groups is 1. The highest BCUT2D eigenvalue weighted by atomic mass is 35.5. The second-order valence-electron chi connectivity index (χ2n) is 13.5. The van der Waals surface area contributed by atoms with E-state index < -0.39 is 46.8 Å². The molecular formula is C42H35ClN2O6. The third-order valence-electron chi connectivity index (χ3n) is 11.2. The number of allylic oxidation sites excluding steroid dienone is 2. The molecular weight excluding hydrogens is 664 g/mol. The maximum atomic E-state index is 15.4.